The van der Waals surface area contributed by atoms with Gasteiger partial charge in [0.1, 0.15) is 5.69 Å². The second-order valence-corrected chi connectivity index (χ2v) is 14.4. The highest BCUT2D eigenvalue weighted by Crippen LogP contribution is 2.37. The van der Waals surface area contributed by atoms with Gasteiger partial charge in [-0.2, -0.15) is 0 Å². The van der Waals surface area contributed by atoms with Crippen LogP contribution in [0.25, 0.3) is 10.9 Å². The van der Waals surface area contributed by atoms with E-state index in [-0.39, 0.29) is 23.1 Å². The van der Waals surface area contributed by atoms with Crippen LogP contribution in [0.1, 0.15) is 44.6 Å². The van der Waals surface area contributed by atoms with E-state index in [1.165, 1.54) is 6.33 Å². The Labute approximate surface area is 191 Å². The van der Waals surface area contributed by atoms with Crippen molar-refractivity contribution in [3.8, 4) is 5.88 Å². The standard InChI is InChI=1S/C24H34N4O3Si/c1-17(31-32(5,6)24(2,3)4)19(28-23(29)21-15-25-16-26-21)13-14-30-22-12-11-18-9-7-8-10-20(18)27-22/h7-12,15-17,19H,13-14H2,1-6H3,(H,25,26)(H,28,29)/t17-,19+/m0/s1. The number of amides is 1. The topological polar surface area (TPSA) is 89.1 Å². The number of carbonyl (C=O) groups excluding carboxylic acids is 1. The van der Waals surface area contributed by atoms with Crippen molar-refractivity contribution in [2.45, 2.75) is 64.4 Å². The van der Waals surface area contributed by atoms with Gasteiger partial charge in [0.25, 0.3) is 5.91 Å². The molecule has 0 fully saturated rings. The molecule has 0 aliphatic heterocycles. The minimum Gasteiger partial charge on any atom is -0.478 e. The average Bonchev–Trinajstić information content (AvgIpc) is 3.27. The number of pyridine rings is 1. The van der Waals surface area contributed by atoms with E-state index in [1.54, 1.807) is 6.20 Å². The molecule has 7 nitrogen and oxygen atoms in total. The third-order valence-corrected chi connectivity index (χ3v) is 10.7. The summed E-state index contributed by atoms with van der Waals surface area (Å²) in [7, 11) is -2.01. The maximum Gasteiger partial charge on any atom is 0.271 e. The molecule has 0 bridgehead atoms. The summed E-state index contributed by atoms with van der Waals surface area (Å²) in [5, 5.41) is 4.23. The number of rotatable bonds is 9. The Morgan fingerprint density at radius 1 is 1.19 bits per heavy atom. The lowest BCUT2D eigenvalue weighted by molar-refractivity contribution is 0.0841. The number of hydrogen-bond acceptors (Lipinski definition) is 5. The summed E-state index contributed by atoms with van der Waals surface area (Å²) in [4.78, 5) is 24.1. The van der Waals surface area contributed by atoms with Gasteiger partial charge in [0, 0.05) is 24.1 Å². The number of carbonyl (C=O) groups is 1. The van der Waals surface area contributed by atoms with Crippen LogP contribution in [0.15, 0.2) is 48.9 Å². The molecule has 3 aromatic rings. The smallest absolute Gasteiger partial charge is 0.271 e. The zero-order valence-electron chi connectivity index (χ0n) is 19.8. The van der Waals surface area contributed by atoms with Crippen molar-refractivity contribution in [2.24, 2.45) is 0 Å². The lowest BCUT2D eigenvalue weighted by Gasteiger charge is -2.40. The normalized spacial score (nSPS) is 14.2. The predicted molar refractivity (Wildman–Crippen MR) is 129 cm³/mol. The van der Waals surface area contributed by atoms with E-state index in [1.807, 2.05) is 43.3 Å². The van der Waals surface area contributed by atoms with Gasteiger partial charge in [-0.3, -0.25) is 4.79 Å². The molecular formula is C24H34N4O3Si. The van der Waals surface area contributed by atoms with Crippen LogP contribution in [-0.4, -0.2) is 47.9 Å². The van der Waals surface area contributed by atoms with Gasteiger partial charge in [-0.05, 0) is 37.2 Å². The van der Waals surface area contributed by atoms with E-state index in [4.69, 9.17) is 9.16 Å². The number of imidazole rings is 1. The van der Waals surface area contributed by atoms with Crippen molar-refractivity contribution in [3.05, 3.63) is 54.6 Å². The SMILES string of the molecule is C[C@H](O[Si](C)(C)C(C)(C)C)[C@@H](CCOc1ccc2ccccc2n1)NC(=O)c1c[nH]cn1. The van der Waals surface area contributed by atoms with Crippen LogP contribution >= 0.6 is 0 Å². The lowest BCUT2D eigenvalue weighted by atomic mass is 10.1. The molecule has 0 radical (unpaired) electrons. The Morgan fingerprint density at radius 2 is 1.94 bits per heavy atom. The molecule has 0 spiro atoms. The molecule has 3 rings (SSSR count). The van der Waals surface area contributed by atoms with Gasteiger partial charge in [0.05, 0.1) is 30.6 Å². The van der Waals surface area contributed by atoms with Gasteiger partial charge >= 0.3 is 0 Å². The highest BCUT2D eigenvalue weighted by molar-refractivity contribution is 6.74. The average molecular weight is 455 g/mol. The Balaban J connectivity index is 1.68. The molecule has 172 valence electrons. The molecule has 0 saturated carbocycles. The third kappa shape index (κ3) is 5.95. The quantitative estimate of drug-likeness (QED) is 0.447. The van der Waals surface area contributed by atoms with Crippen LogP contribution in [0.4, 0.5) is 0 Å². The lowest BCUT2D eigenvalue weighted by Crippen LogP contribution is -2.51. The zero-order chi connectivity index (χ0) is 23.4. The number of fused-ring (bicyclic) bond motifs is 1. The first-order valence-corrected chi connectivity index (χ1v) is 13.9. The van der Waals surface area contributed by atoms with Crippen molar-refractivity contribution in [2.75, 3.05) is 6.61 Å². The molecule has 1 aromatic carbocycles. The summed E-state index contributed by atoms with van der Waals surface area (Å²) in [6.45, 7) is 13.5. The monoisotopic (exact) mass is 454 g/mol. The number of para-hydroxylation sites is 1. The Morgan fingerprint density at radius 3 is 2.62 bits per heavy atom. The van der Waals surface area contributed by atoms with Crippen molar-refractivity contribution < 1.29 is 14.0 Å². The molecule has 2 atom stereocenters. The fraction of sp³-hybridized carbons (Fsp3) is 0.458. The fourth-order valence-corrected chi connectivity index (χ4v) is 4.64. The summed E-state index contributed by atoms with van der Waals surface area (Å²) in [5.41, 5.74) is 1.25. The number of nitrogens with zero attached hydrogens (tertiary/aromatic N) is 2. The van der Waals surface area contributed by atoms with Gasteiger partial charge in [-0.15, -0.1) is 0 Å². The molecule has 1 amide bonds. The van der Waals surface area contributed by atoms with Gasteiger partial charge < -0.3 is 19.5 Å². The first kappa shape index (κ1) is 23.9. The third-order valence-electron chi connectivity index (χ3n) is 6.15. The summed E-state index contributed by atoms with van der Waals surface area (Å²) >= 11 is 0. The Bertz CT molecular complexity index is 1030. The molecule has 8 heteroatoms. The number of aromatic nitrogens is 3. The molecule has 0 saturated heterocycles. The molecule has 0 unspecified atom stereocenters. The van der Waals surface area contributed by atoms with Crippen molar-refractivity contribution in [1.29, 1.82) is 0 Å². The van der Waals surface area contributed by atoms with Crippen LogP contribution in [0.5, 0.6) is 5.88 Å². The second-order valence-electron chi connectivity index (χ2n) is 9.60. The highest BCUT2D eigenvalue weighted by Gasteiger charge is 2.40. The molecule has 0 aliphatic rings. The minimum absolute atomic E-state index is 0.0729. The molecular weight excluding hydrogens is 420 g/mol. The van der Waals surface area contributed by atoms with Crippen molar-refractivity contribution in [3.63, 3.8) is 0 Å². The zero-order valence-corrected chi connectivity index (χ0v) is 20.8. The van der Waals surface area contributed by atoms with Gasteiger partial charge in [0.15, 0.2) is 8.32 Å². The minimum atomic E-state index is -2.01. The number of nitrogens with one attached hydrogen (secondary N) is 2. The number of benzene rings is 1. The Hall–Kier alpha value is -2.71. The number of ether oxygens (including phenoxy) is 1. The van der Waals surface area contributed by atoms with Gasteiger partial charge in [-0.25, -0.2) is 9.97 Å². The summed E-state index contributed by atoms with van der Waals surface area (Å²) < 4.78 is 12.5. The van der Waals surface area contributed by atoms with E-state index < -0.39 is 8.32 Å². The van der Waals surface area contributed by atoms with Crippen LogP contribution in [-0.2, 0) is 4.43 Å². The molecule has 2 N–H and O–H groups in total. The molecule has 2 heterocycles. The molecule has 32 heavy (non-hydrogen) atoms. The summed E-state index contributed by atoms with van der Waals surface area (Å²) in [5.74, 6) is 0.338. The fourth-order valence-electron chi connectivity index (χ4n) is 3.19. The van der Waals surface area contributed by atoms with E-state index in [2.05, 4.69) is 54.1 Å². The van der Waals surface area contributed by atoms with Gasteiger partial charge in [-0.1, -0.05) is 39.0 Å². The summed E-state index contributed by atoms with van der Waals surface area (Å²) in [6.07, 6.45) is 3.49. The first-order valence-electron chi connectivity index (χ1n) is 11.0. The predicted octanol–water partition coefficient (Wildman–Crippen LogP) is 4.94. The van der Waals surface area contributed by atoms with Crippen LogP contribution in [0.2, 0.25) is 18.1 Å². The van der Waals surface area contributed by atoms with Crippen LogP contribution in [0, 0.1) is 0 Å². The molecule has 0 aliphatic carbocycles. The van der Waals surface area contributed by atoms with Crippen molar-refractivity contribution >= 4 is 25.1 Å². The van der Waals surface area contributed by atoms with Crippen molar-refractivity contribution in [1.82, 2.24) is 20.3 Å². The number of hydrogen-bond donors (Lipinski definition) is 2. The number of H-pyrrole nitrogens is 1. The van der Waals surface area contributed by atoms with Crippen LogP contribution < -0.4 is 10.1 Å². The maximum atomic E-state index is 12.7. The first-order chi connectivity index (χ1) is 15.1. The van der Waals surface area contributed by atoms with E-state index in [9.17, 15) is 4.79 Å². The highest BCUT2D eigenvalue weighted by atomic mass is 28.4. The maximum absolute atomic E-state index is 12.7. The summed E-state index contributed by atoms with van der Waals surface area (Å²) in [6, 6.07) is 11.6. The number of aromatic amines is 1. The molecule has 2 aromatic heterocycles. The second kappa shape index (κ2) is 9.83. The largest absolute Gasteiger partial charge is 0.478 e. The van der Waals surface area contributed by atoms with E-state index >= 15 is 0 Å². The van der Waals surface area contributed by atoms with Gasteiger partial charge in [0.2, 0.25) is 5.88 Å². The Kier molecular flexibility index (Phi) is 7.35. The van der Waals surface area contributed by atoms with E-state index in [0.29, 0.717) is 24.6 Å². The van der Waals surface area contributed by atoms with Crippen LogP contribution in [0.3, 0.4) is 0 Å². The van der Waals surface area contributed by atoms with E-state index in [0.717, 1.165) is 10.9 Å².